The molecule has 0 saturated carbocycles. The van der Waals surface area contributed by atoms with Gasteiger partial charge in [0.15, 0.2) is 0 Å². The maximum atomic E-state index is 12.6. The lowest BCUT2D eigenvalue weighted by Gasteiger charge is -2.23. The van der Waals surface area contributed by atoms with E-state index in [1.54, 1.807) is 17.0 Å². The van der Waals surface area contributed by atoms with Crippen LogP contribution in [0.15, 0.2) is 24.3 Å². The molecule has 0 spiro atoms. The van der Waals surface area contributed by atoms with Crippen molar-refractivity contribution in [2.24, 2.45) is 0 Å². The van der Waals surface area contributed by atoms with Crippen LogP contribution in [-0.4, -0.2) is 39.5 Å². The molecule has 1 aromatic heterocycles. The van der Waals surface area contributed by atoms with Crippen molar-refractivity contribution < 1.29 is 9.59 Å². The predicted octanol–water partition coefficient (Wildman–Crippen LogP) is 3.98. The van der Waals surface area contributed by atoms with E-state index < -0.39 is 6.04 Å². The molecule has 1 unspecified atom stereocenters. The molecule has 1 aliphatic heterocycles. The smallest absolute Gasteiger partial charge is 0.249 e. The molecule has 6 nitrogen and oxygen atoms in total. The van der Waals surface area contributed by atoms with E-state index in [2.05, 4.69) is 22.4 Å². The molecule has 8 heteroatoms. The highest BCUT2D eigenvalue weighted by atomic mass is 35.5. The van der Waals surface area contributed by atoms with E-state index in [1.165, 1.54) is 11.3 Å². The van der Waals surface area contributed by atoms with Gasteiger partial charge in [0.05, 0.1) is 0 Å². The predicted molar refractivity (Wildman–Crippen MR) is 103 cm³/mol. The second-order valence-corrected chi connectivity index (χ2v) is 7.67. The highest BCUT2D eigenvalue weighted by Gasteiger charge is 2.34. The number of likely N-dealkylation sites (tertiary alicyclic amines) is 1. The fourth-order valence-corrected chi connectivity index (χ4v) is 3.86. The number of hydrogen-bond donors (Lipinski definition) is 1. The molecular weight excluding hydrogens is 372 g/mol. The van der Waals surface area contributed by atoms with Crippen LogP contribution in [0.1, 0.15) is 39.0 Å². The van der Waals surface area contributed by atoms with Crippen LogP contribution in [0.2, 0.25) is 5.02 Å². The molecule has 2 heterocycles. The van der Waals surface area contributed by atoms with E-state index in [-0.39, 0.29) is 11.8 Å². The van der Waals surface area contributed by atoms with Gasteiger partial charge in [-0.15, -0.1) is 10.2 Å². The second-order valence-electron chi connectivity index (χ2n) is 6.26. The van der Waals surface area contributed by atoms with E-state index >= 15 is 0 Å². The lowest BCUT2D eigenvalue weighted by Crippen LogP contribution is -2.43. The van der Waals surface area contributed by atoms with Crippen molar-refractivity contribution in [2.75, 3.05) is 11.9 Å². The fourth-order valence-electron chi connectivity index (χ4n) is 2.98. The maximum Gasteiger partial charge on any atom is 0.249 e. The summed E-state index contributed by atoms with van der Waals surface area (Å²) in [7, 11) is 0. The van der Waals surface area contributed by atoms with Gasteiger partial charge >= 0.3 is 0 Å². The van der Waals surface area contributed by atoms with Crippen molar-refractivity contribution in [2.45, 2.75) is 45.1 Å². The Morgan fingerprint density at radius 1 is 1.31 bits per heavy atom. The molecule has 138 valence electrons. The molecule has 3 rings (SSSR count). The minimum atomic E-state index is -0.415. The van der Waals surface area contributed by atoms with Crippen molar-refractivity contribution in [3.8, 4) is 10.6 Å². The molecule has 0 bridgehead atoms. The zero-order chi connectivity index (χ0) is 18.5. The number of benzene rings is 1. The summed E-state index contributed by atoms with van der Waals surface area (Å²) in [6.07, 6.45) is 3.85. The summed E-state index contributed by atoms with van der Waals surface area (Å²) >= 11 is 7.20. The molecular formula is C18H21ClN4O2S. The average molecular weight is 393 g/mol. The van der Waals surface area contributed by atoms with Crippen LogP contribution in [0.25, 0.3) is 10.6 Å². The van der Waals surface area contributed by atoms with Gasteiger partial charge in [-0.3, -0.25) is 14.9 Å². The number of aromatic nitrogens is 2. The molecule has 26 heavy (non-hydrogen) atoms. The molecule has 1 aromatic carbocycles. The van der Waals surface area contributed by atoms with E-state index in [4.69, 9.17) is 11.6 Å². The molecule has 2 aromatic rings. The quantitative estimate of drug-likeness (QED) is 0.806. The summed E-state index contributed by atoms with van der Waals surface area (Å²) < 4.78 is 0. The molecule has 1 atom stereocenters. The van der Waals surface area contributed by atoms with Crippen molar-refractivity contribution in [3.05, 3.63) is 29.3 Å². The molecule has 1 fully saturated rings. The SMILES string of the molecule is CCCCC(=O)N1CCCC1C(=O)Nc1nnc(-c2ccc(Cl)cc2)s1. The first-order valence-corrected chi connectivity index (χ1v) is 9.97. The van der Waals surface area contributed by atoms with Gasteiger partial charge < -0.3 is 4.90 Å². The second kappa shape index (κ2) is 8.60. The zero-order valence-corrected chi connectivity index (χ0v) is 16.1. The third kappa shape index (κ3) is 4.40. The van der Waals surface area contributed by atoms with Crippen molar-refractivity contribution in [1.82, 2.24) is 15.1 Å². The Hall–Kier alpha value is -1.99. The van der Waals surface area contributed by atoms with E-state index in [1.807, 2.05) is 12.1 Å². The highest BCUT2D eigenvalue weighted by molar-refractivity contribution is 7.18. The average Bonchev–Trinajstić information content (AvgIpc) is 3.30. The number of unbranched alkanes of at least 4 members (excludes halogenated alkanes) is 1. The van der Waals surface area contributed by atoms with Crippen molar-refractivity contribution >= 4 is 39.9 Å². The Morgan fingerprint density at radius 2 is 2.08 bits per heavy atom. The summed E-state index contributed by atoms with van der Waals surface area (Å²) in [5, 5.41) is 12.8. The van der Waals surface area contributed by atoms with Crippen LogP contribution in [0, 0.1) is 0 Å². The Bertz CT molecular complexity index is 778. The van der Waals surface area contributed by atoms with Crippen molar-refractivity contribution in [1.29, 1.82) is 0 Å². The largest absolute Gasteiger partial charge is 0.331 e. The topological polar surface area (TPSA) is 75.2 Å². The number of nitrogens with one attached hydrogen (secondary N) is 1. The summed E-state index contributed by atoms with van der Waals surface area (Å²) in [6.45, 7) is 2.70. The number of amides is 2. The van der Waals surface area contributed by atoms with Gasteiger partial charge in [0, 0.05) is 23.6 Å². The summed E-state index contributed by atoms with van der Waals surface area (Å²) in [4.78, 5) is 26.6. The van der Waals surface area contributed by atoms with Gasteiger partial charge in [0.2, 0.25) is 16.9 Å². The van der Waals surface area contributed by atoms with Gasteiger partial charge in [0.25, 0.3) is 0 Å². The molecule has 0 aliphatic carbocycles. The Balaban J connectivity index is 1.64. The first kappa shape index (κ1) is 18.8. The van der Waals surface area contributed by atoms with Crippen LogP contribution in [0.4, 0.5) is 5.13 Å². The van der Waals surface area contributed by atoms with Gasteiger partial charge in [-0.2, -0.15) is 0 Å². The summed E-state index contributed by atoms with van der Waals surface area (Å²) in [5.74, 6) is -0.130. The number of rotatable bonds is 6. The number of halogens is 1. The van der Waals surface area contributed by atoms with Crippen LogP contribution in [0.5, 0.6) is 0 Å². The number of nitrogens with zero attached hydrogens (tertiary/aromatic N) is 3. The van der Waals surface area contributed by atoms with Crippen LogP contribution in [0.3, 0.4) is 0 Å². The minimum absolute atomic E-state index is 0.0589. The van der Waals surface area contributed by atoms with Gasteiger partial charge in [-0.1, -0.05) is 48.4 Å². The normalized spacial score (nSPS) is 16.7. The Morgan fingerprint density at radius 3 is 2.81 bits per heavy atom. The van der Waals surface area contributed by atoms with E-state index in [9.17, 15) is 9.59 Å². The molecule has 1 aliphatic rings. The molecule has 0 radical (unpaired) electrons. The number of hydrogen-bond acceptors (Lipinski definition) is 5. The highest BCUT2D eigenvalue weighted by Crippen LogP contribution is 2.28. The third-order valence-electron chi connectivity index (χ3n) is 4.37. The molecule has 1 saturated heterocycles. The van der Waals surface area contributed by atoms with Crippen LogP contribution in [-0.2, 0) is 9.59 Å². The molecule has 2 amide bonds. The van der Waals surface area contributed by atoms with Gasteiger partial charge in [-0.05, 0) is 31.4 Å². The fraction of sp³-hybridized carbons (Fsp3) is 0.444. The number of anilines is 1. The van der Waals surface area contributed by atoms with E-state index in [0.29, 0.717) is 34.5 Å². The molecule has 1 N–H and O–H groups in total. The van der Waals surface area contributed by atoms with Crippen LogP contribution < -0.4 is 5.32 Å². The third-order valence-corrected chi connectivity index (χ3v) is 5.51. The summed E-state index contributed by atoms with van der Waals surface area (Å²) in [5.41, 5.74) is 0.893. The number of carbonyl (C=O) groups is 2. The first-order valence-electron chi connectivity index (χ1n) is 8.78. The maximum absolute atomic E-state index is 12.6. The number of carbonyl (C=O) groups excluding carboxylic acids is 2. The lowest BCUT2D eigenvalue weighted by molar-refractivity contribution is -0.136. The first-order chi connectivity index (χ1) is 12.6. The minimum Gasteiger partial charge on any atom is -0.331 e. The Labute approximate surface area is 161 Å². The lowest BCUT2D eigenvalue weighted by atomic mass is 10.2. The summed E-state index contributed by atoms with van der Waals surface area (Å²) in [6, 6.07) is 6.88. The van der Waals surface area contributed by atoms with Gasteiger partial charge in [-0.25, -0.2) is 0 Å². The standard InChI is InChI=1S/C18H21ClN4O2S/c1-2-3-6-15(24)23-11-4-5-14(23)16(25)20-18-22-21-17(26-18)12-7-9-13(19)10-8-12/h7-10,14H,2-6,11H2,1H3,(H,20,22,25). The Kier molecular flexibility index (Phi) is 6.21. The van der Waals surface area contributed by atoms with Crippen molar-refractivity contribution in [3.63, 3.8) is 0 Å². The van der Waals surface area contributed by atoms with Crippen LogP contribution >= 0.6 is 22.9 Å². The van der Waals surface area contributed by atoms with E-state index in [0.717, 1.165) is 24.8 Å². The zero-order valence-electron chi connectivity index (χ0n) is 14.6. The van der Waals surface area contributed by atoms with Gasteiger partial charge in [0.1, 0.15) is 11.0 Å². The monoisotopic (exact) mass is 392 g/mol.